The zero-order valence-electron chi connectivity index (χ0n) is 19.4. The number of rotatable bonds is 7. The largest absolute Gasteiger partial charge is 0.405 e. The molecule has 1 N–H and O–H groups in total. The zero-order chi connectivity index (χ0) is 23.4. The van der Waals surface area contributed by atoms with Crippen LogP contribution >= 0.6 is 11.8 Å². The van der Waals surface area contributed by atoms with Crippen LogP contribution in [-0.4, -0.2) is 50.0 Å². The van der Waals surface area contributed by atoms with E-state index in [1.165, 1.54) is 22.1 Å². The molecule has 1 aliphatic heterocycles. The van der Waals surface area contributed by atoms with Gasteiger partial charge >= 0.3 is 0 Å². The lowest BCUT2D eigenvalue weighted by Crippen LogP contribution is -2.67. The van der Waals surface area contributed by atoms with Crippen LogP contribution in [0.15, 0.2) is 65.8 Å². The van der Waals surface area contributed by atoms with E-state index in [2.05, 4.69) is 79.3 Å². The van der Waals surface area contributed by atoms with Crippen molar-refractivity contribution >= 4 is 30.5 Å². The van der Waals surface area contributed by atoms with Gasteiger partial charge in [0.05, 0.1) is 18.8 Å². The molecule has 0 spiro atoms. The number of ether oxygens (including phenoxy) is 1. The molecule has 0 aliphatic carbocycles. The molecule has 1 heterocycles. The molecule has 32 heavy (non-hydrogen) atoms. The van der Waals surface area contributed by atoms with Crippen LogP contribution in [-0.2, 0) is 9.16 Å². The van der Waals surface area contributed by atoms with Crippen LogP contribution in [0.5, 0.6) is 0 Å². The van der Waals surface area contributed by atoms with Crippen molar-refractivity contribution in [2.45, 2.75) is 56.4 Å². The molecule has 5 atom stereocenters. The van der Waals surface area contributed by atoms with Gasteiger partial charge in [-0.05, 0) is 33.1 Å². The van der Waals surface area contributed by atoms with Gasteiger partial charge in [0.1, 0.15) is 11.5 Å². The topological polar surface area (TPSA) is 87.5 Å². The maximum Gasteiger partial charge on any atom is 0.261 e. The first-order valence-electron chi connectivity index (χ1n) is 10.9. The Labute approximate surface area is 196 Å². The summed E-state index contributed by atoms with van der Waals surface area (Å²) in [4.78, 5) is 2.96. The SMILES string of the molecule is CS[C@@H]1OC(CO[Si](c2ccccc2)(c2ccccc2)C(C)(C)C)[C@@H](O)[C@H](C)C1N=[N+]=[N-]. The van der Waals surface area contributed by atoms with Gasteiger partial charge in [-0.15, -0.1) is 11.8 Å². The summed E-state index contributed by atoms with van der Waals surface area (Å²) < 4.78 is 13.2. The highest BCUT2D eigenvalue weighted by atomic mass is 32.2. The fraction of sp³-hybridized carbons (Fsp3) is 0.500. The van der Waals surface area contributed by atoms with Gasteiger partial charge in [0, 0.05) is 4.91 Å². The second kappa shape index (κ2) is 10.4. The molecule has 8 heteroatoms. The summed E-state index contributed by atoms with van der Waals surface area (Å²) in [5, 5.41) is 17.1. The van der Waals surface area contributed by atoms with Crippen LogP contribution in [0.4, 0.5) is 0 Å². The number of hydrogen-bond donors (Lipinski definition) is 1. The number of nitrogens with zero attached hydrogens (tertiary/aromatic N) is 3. The number of hydrogen-bond acceptors (Lipinski definition) is 5. The van der Waals surface area contributed by atoms with Crippen molar-refractivity contribution < 1.29 is 14.3 Å². The molecule has 0 bridgehead atoms. The Kier molecular flexibility index (Phi) is 8.09. The first-order chi connectivity index (χ1) is 15.3. The highest BCUT2D eigenvalue weighted by molar-refractivity contribution is 7.99. The van der Waals surface area contributed by atoms with Crippen LogP contribution in [0, 0.1) is 5.92 Å². The maximum absolute atomic E-state index is 11.0. The lowest BCUT2D eigenvalue weighted by molar-refractivity contribution is -0.135. The summed E-state index contributed by atoms with van der Waals surface area (Å²) >= 11 is 1.49. The summed E-state index contributed by atoms with van der Waals surface area (Å²) in [7, 11) is -2.73. The van der Waals surface area contributed by atoms with E-state index in [9.17, 15) is 5.11 Å². The summed E-state index contributed by atoms with van der Waals surface area (Å²) in [5.74, 6) is -0.232. The third-order valence-electron chi connectivity index (χ3n) is 6.34. The summed E-state index contributed by atoms with van der Waals surface area (Å²) in [6, 6.07) is 20.4. The molecule has 1 fully saturated rings. The van der Waals surface area contributed by atoms with E-state index in [0.717, 1.165) is 0 Å². The number of azide groups is 1. The summed E-state index contributed by atoms with van der Waals surface area (Å²) in [6.07, 6.45) is 0.635. The Balaban J connectivity index is 1.99. The minimum Gasteiger partial charge on any atom is -0.405 e. The van der Waals surface area contributed by atoms with E-state index in [1.807, 2.05) is 25.3 Å². The lowest BCUT2D eigenvalue weighted by Gasteiger charge is -2.46. The first kappa shape index (κ1) is 24.8. The summed E-state index contributed by atoms with van der Waals surface area (Å²) in [5.41, 5.74) is 8.62. The average Bonchev–Trinajstić information content (AvgIpc) is 2.79. The number of thioether (sulfide) groups is 1. The smallest absolute Gasteiger partial charge is 0.261 e. The second-order valence-electron chi connectivity index (χ2n) is 9.30. The molecule has 0 saturated carbocycles. The average molecular weight is 472 g/mol. The van der Waals surface area contributed by atoms with Gasteiger partial charge < -0.3 is 14.3 Å². The van der Waals surface area contributed by atoms with Crippen molar-refractivity contribution in [1.82, 2.24) is 0 Å². The lowest BCUT2D eigenvalue weighted by atomic mass is 9.90. The molecule has 0 aromatic heterocycles. The van der Waals surface area contributed by atoms with Crippen LogP contribution < -0.4 is 10.4 Å². The predicted octanol–water partition coefficient (Wildman–Crippen LogP) is 4.33. The minimum atomic E-state index is -2.73. The van der Waals surface area contributed by atoms with Crippen LogP contribution in [0.2, 0.25) is 5.04 Å². The van der Waals surface area contributed by atoms with Crippen LogP contribution in [0.3, 0.4) is 0 Å². The van der Waals surface area contributed by atoms with Gasteiger partial charge in [-0.3, -0.25) is 0 Å². The van der Waals surface area contributed by atoms with Crippen molar-refractivity contribution in [2.75, 3.05) is 12.9 Å². The van der Waals surface area contributed by atoms with E-state index < -0.39 is 26.6 Å². The highest BCUT2D eigenvalue weighted by Gasteiger charge is 2.51. The van der Waals surface area contributed by atoms with Crippen LogP contribution in [0.25, 0.3) is 10.4 Å². The third-order valence-corrected chi connectivity index (χ3v) is 12.2. The summed E-state index contributed by atoms with van der Waals surface area (Å²) in [6.45, 7) is 8.84. The maximum atomic E-state index is 11.0. The molecule has 172 valence electrons. The van der Waals surface area contributed by atoms with Crippen LogP contribution in [0.1, 0.15) is 27.7 Å². The second-order valence-corrected chi connectivity index (χ2v) is 14.5. The van der Waals surface area contributed by atoms with Crippen molar-refractivity contribution in [3.63, 3.8) is 0 Å². The molecule has 1 aliphatic rings. The Morgan fingerprint density at radius 3 is 2.06 bits per heavy atom. The minimum absolute atomic E-state index is 0.159. The molecule has 1 saturated heterocycles. The first-order valence-corrected chi connectivity index (χ1v) is 14.1. The van der Waals surface area contributed by atoms with E-state index >= 15 is 0 Å². The molecule has 0 radical (unpaired) electrons. The van der Waals surface area contributed by atoms with E-state index in [1.54, 1.807) is 0 Å². The quantitative estimate of drug-likeness (QED) is 0.282. The van der Waals surface area contributed by atoms with Crippen molar-refractivity contribution in [3.8, 4) is 0 Å². The molecule has 6 nitrogen and oxygen atoms in total. The predicted molar refractivity (Wildman–Crippen MR) is 134 cm³/mol. The zero-order valence-corrected chi connectivity index (χ0v) is 21.2. The van der Waals surface area contributed by atoms with Crippen molar-refractivity contribution in [1.29, 1.82) is 0 Å². The molecular formula is C24H33N3O3SSi. The standard InChI is InChI=1S/C24H33N3O3SSi/c1-17-21(26-27-25)23(31-5)30-20(22(17)28)16-29-32(24(2,3)4,18-12-8-6-9-13-18)19-14-10-7-11-15-19/h6-15,17,20-23,28H,16H2,1-5H3/t17-,20?,21?,22+,23+/m1/s1. The number of aliphatic hydroxyl groups is 1. The highest BCUT2D eigenvalue weighted by Crippen LogP contribution is 2.38. The number of benzene rings is 2. The van der Waals surface area contributed by atoms with Gasteiger partial charge in [0.2, 0.25) is 0 Å². The normalized spacial score (nSPS) is 26.4. The monoisotopic (exact) mass is 471 g/mol. The molecule has 2 aromatic carbocycles. The van der Waals surface area contributed by atoms with Gasteiger partial charge in [-0.25, -0.2) is 0 Å². The molecule has 0 amide bonds. The van der Waals surface area contributed by atoms with E-state index in [4.69, 9.17) is 14.7 Å². The molecular weight excluding hydrogens is 438 g/mol. The van der Waals surface area contributed by atoms with E-state index in [0.29, 0.717) is 0 Å². The van der Waals surface area contributed by atoms with Gasteiger partial charge in [0.25, 0.3) is 8.32 Å². The Hall–Kier alpha value is -1.80. The Morgan fingerprint density at radius 1 is 1.09 bits per heavy atom. The molecule has 2 unspecified atom stereocenters. The molecule has 2 aromatic rings. The fourth-order valence-electron chi connectivity index (χ4n) is 4.64. The van der Waals surface area contributed by atoms with Gasteiger partial charge in [0.15, 0.2) is 0 Å². The fourth-order valence-corrected chi connectivity index (χ4v) is 10.0. The Bertz CT molecular complexity index is 878. The van der Waals surface area contributed by atoms with Crippen molar-refractivity contribution in [2.24, 2.45) is 11.0 Å². The van der Waals surface area contributed by atoms with Gasteiger partial charge in [-0.1, -0.05) is 93.5 Å². The third kappa shape index (κ3) is 4.76. The van der Waals surface area contributed by atoms with E-state index in [-0.39, 0.29) is 23.0 Å². The van der Waals surface area contributed by atoms with Gasteiger partial charge in [-0.2, -0.15) is 0 Å². The number of aliphatic hydroxyl groups excluding tert-OH is 1. The van der Waals surface area contributed by atoms with Crippen molar-refractivity contribution in [3.05, 3.63) is 71.1 Å². The Morgan fingerprint density at radius 2 is 1.62 bits per heavy atom. The molecule has 3 rings (SSSR count).